The average Bonchev–Trinajstić information content (AvgIpc) is 2.38. The summed E-state index contributed by atoms with van der Waals surface area (Å²) in [7, 11) is 1.95. The Morgan fingerprint density at radius 2 is 1.65 bits per heavy atom. The number of benzene rings is 2. The second kappa shape index (κ2) is 6.92. The SMILES string of the molecule is CNCc1cc(Cl)cc(-c2ccc(CC(C)C)cc2)c1. The lowest BCUT2D eigenvalue weighted by molar-refractivity contribution is 0.647. The van der Waals surface area contributed by atoms with Crippen molar-refractivity contribution in [3.63, 3.8) is 0 Å². The first-order valence-electron chi connectivity index (χ1n) is 7.12. The highest BCUT2D eigenvalue weighted by Gasteiger charge is 2.03. The van der Waals surface area contributed by atoms with E-state index in [1.54, 1.807) is 0 Å². The van der Waals surface area contributed by atoms with Crippen LogP contribution in [0.2, 0.25) is 5.02 Å². The van der Waals surface area contributed by atoms with Crippen LogP contribution in [0.4, 0.5) is 0 Å². The van der Waals surface area contributed by atoms with Crippen molar-refractivity contribution < 1.29 is 0 Å². The fourth-order valence-corrected chi connectivity index (χ4v) is 2.69. The van der Waals surface area contributed by atoms with Crippen LogP contribution in [0.25, 0.3) is 11.1 Å². The maximum Gasteiger partial charge on any atom is 0.0415 e. The van der Waals surface area contributed by atoms with Gasteiger partial charge in [-0.25, -0.2) is 0 Å². The molecule has 2 rings (SSSR count). The number of rotatable bonds is 5. The summed E-state index contributed by atoms with van der Waals surface area (Å²) in [6, 6.07) is 15.0. The highest BCUT2D eigenvalue weighted by Crippen LogP contribution is 2.25. The minimum atomic E-state index is 0.689. The van der Waals surface area contributed by atoms with Gasteiger partial charge < -0.3 is 5.32 Å². The molecule has 1 nitrogen and oxygen atoms in total. The van der Waals surface area contributed by atoms with Crippen LogP contribution in [0.1, 0.15) is 25.0 Å². The van der Waals surface area contributed by atoms with Crippen LogP contribution in [0.3, 0.4) is 0 Å². The Balaban J connectivity index is 2.26. The lowest BCUT2D eigenvalue weighted by Gasteiger charge is -2.09. The molecule has 0 aliphatic rings. The molecule has 0 saturated heterocycles. The summed E-state index contributed by atoms with van der Waals surface area (Å²) in [5.41, 5.74) is 5.00. The normalized spacial score (nSPS) is 11.1. The first-order valence-corrected chi connectivity index (χ1v) is 7.49. The van der Waals surface area contributed by atoms with Gasteiger partial charge in [-0.2, -0.15) is 0 Å². The highest BCUT2D eigenvalue weighted by atomic mass is 35.5. The molecule has 0 spiro atoms. The molecule has 2 aromatic carbocycles. The van der Waals surface area contributed by atoms with E-state index in [1.807, 2.05) is 19.2 Å². The molecule has 1 N–H and O–H groups in total. The van der Waals surface area contributed by atoms with Crippen LogP contribution in [-0.2, 0) is 13.0 Å². The molecule has 0 saturated carbocycles. The predicted octanol–water partition coefficient (Wildman–Crippen LogP) is 4.92. The van der Waals surface area contributed by atoms with E-state index >= 15 is 0 Å². The smallest absolute Gasteiger partial charge is 0.0415 e. The monoisotopic (exact) mass is 287 g/mol. The van der Waals surface area contributed by atoms with E-state index < -0.39 is 0 Å². The van der Waals surface area contributed by atoms with Crippen LogP contribution in [-0.4, -0.2) is 7.05 Å². The molecule has 2 heteroatoms. The summed E-state index contributed by atoms with van der Waals surface area (Å²) < 4.78 is 0. The zero-order chi connectivity index (χ0) is 14.5. The van der Waals surface area contributed by atoms with Crippen LogP contribution in [0, 0.1) is 5.92 Å². The first-order chi connectivity index (χ1) is 9.58. The van der Waals surface area contributed by atoms with Crippen molar-refractivity contribution in [1.29, 1.82) is 0 Å². The molecule has 0 atom stereocenters. The average molecular weight is 288 g/mol. The van der Waals surface area contributed by atoms with Gasteiger partial charge in [-0.3, -0.25) is 0 Å². The summed E-state index contributed by atoms with van der Waals surface area (Å²) in [4.78, 5) is 0. The summed E-state index contributed by atoms with van der Waals surface area (Å²) in [5.74, 6) is 0.689. The van der Waals surface area contributed by atoms with E-state index in [-0.39, 0.29) is 0 Å². The van der Waals surface area contributed by atoms with Gasteiger partial charge in [0.2, 0.25) is 0 Å². The summed E-state index contributed by atoms with van der Waals surface area (Å²) in [6.45, 7) is 5.32. The standard InChI is InChI=1S/C18H22ClN/c1-13(2)8-14-4-6-16(7-5-14)17-9-15(12-20-3)10-18(19)11-17/h4-7,9-11,13,20H,8,12H2,1-3H3. The summed E-state index contributed by atoms with van der Waals surface area (Å²) >= 11 is 6.21. The zero-order valence-corrected chi connectivity index (χ0v) is 13.2. The minimum Gasteiger partial charge on any atom is -0.316 e. The molecule has 0 bridgehead atoms. The van der Waals surface area contributed by atoms with Crippen molar-refractivity contribution in [2.45, 2.75) is 26.8 Å². The lowest BCUT2D eigenvalue weighted by Crippen LogP contribution is -2.04. The Kier molecular flexibility index (Phi) is 5.22. The summed E-state index contributed by atoms with van der Waals surface area (Å²) in [5, 5.41) is 3.95. The van der Waals surface area contributed by atoms with Gasteiger partial charge in [0.25, 0.3) is 0 Å². The number of hydrogen-bond donors (Lipinski definition) is 1. The van der Waals surface area contributed by atoms with Crippen LogP contribution < -0.4 is 5.32 Å². The van der Waals surface area contributed by atoms with Crippen molar-refractivity contribution in [2.24, 2.45) is 5.92 Å². The van der Waals surface area contributed by atoms with Gasteiger partial charge in [0, 0.05) is 11.6 Å². The molecule has 106 valence electrons. The quantitative estimate of drug-likeness (QED) is 0.822. The van der Waals surface area contributed by atoms with Gasteiger partial charge in [0.05, 0.1) is 0 Å². The Labute approximate surface area is 127 Å². The van der Waals surface area contributed by atoms with Crippen molar-refractivity contribution in [3.8, 4) is 11.1 Å². The molecule has 0 radical (unpaired) electrons. The van der Waals surface area contributed by atoms with Gasteiger partial charge in [-0.15, -0.1) is 0 Å². The minimum absolute atomic E-state index is 0.689. The van der Waals surface area contributed by atoms with Gasteiger partial charge in [0.15, 0.2) is 0 Å². The fourth-order valence-electron chi connectivity index (χ4n) is 2.43. The second-order valence-corrected chi connectivity index (χ2v) is 6.11. The van der Waals surface area contributed by atoms with Gasteiger partial charge in [0.1, 0.15) is 0 Å². The Morgan fingerprint density at radius 3 is 2.25 bits per heavy atom. The second-order valence-electron chi connectivity index (χ2n) is 5.67. The molecule has 0 heterocycles. The maximum atomic E-state index is 6.21. The molecular formula is C18H22ClN. The molecule has 2 aromatic rings. The molecule has 0 aliphatic carbocycles. The molecule has 20 heavy (non-hydrogen) atoms. The molecule has 0 aliphatic heterocycles. The van der Waals surface area contributed by atoms with Crippen LogP contribution in [0.15, 0.2) is 42.5 Å². The molecule has 0 amide bonds. The third-order valence-corrected chi connectivity index (χ3v) is 3.49. The highest BCUT2D eigenvalue weighted by molar-refractivity contribution is 6.31. The van der Waals surface area contributed by atoms with E-state index in [2.05, 4.69) is 49.5 Å². The summed E-state index contributed by atoms with van der Waals surface area (Å²) in [6.07, 6.45) is 1.13. The molecular weight excluding hydrogens is 266 g/mol. The zero-order valence-electron chi connectivity index (χ0n) is 12.4. The van der Waals surface area contributed by atoms with E-state index in [0.717, 1.165) is 18.0 Å². The van der Waals surface area contributed by atoms with E-state index in [1.165, 1.54) is 22.3 Å². The van der Waals surface area contributed by atoms with Crippen LogP contribution >= 0.6 is 11.6 Å². The molecule has 0 aromatic heterocycles. The fraction of sp³-hybridized carbons (Fsp3) is 0.333. The largest absolute Gasteiger partial charge is 0.316 e. The predicted molar refractivity (Wildman–Crippen MR) is 88.2 cm³/mol. The third kappa shape index (κ3) is 4.09. The number of halogens is 1. The first kappa shape index (κ1) is 15.1. The van der Waals surface area contributed by atoms with Crippen molar-refractivity contribution >= 4 is 11.6 Å². The number of nitrogens with one attached hydrogen (secondary N) is 1. The topological polar surface area (TPSA) is 12.0 Å². The Morgan fingerprint density at radius 1 is 0.950 bits per heavy atom. The van der Waals surface area contributed by atoms with Gasteiger partial charge in [-0.1, -0.05) is 49.7 Å². The number of hydrogen-bond acceptors (Lipinski definition) is 1. The van der Waals surface area contributed by atoms with E-state index in [9.17, 15) is 0 Å². The van der Waals surface area contributed by atoms with Crippen molar-refractivity contribution in [1.82, 2.24) is 5.32 Å². The van der Waals surface area contributed by atoms with Crippen LogP contribution in [0.5, 0.6) is 0 Å². The van der Waals surface area contributed by atoms with Gasteiger partial charge >= 0.3 is 0 Å². The molecule has 0 fully saturated rings. The Bertz CT molecular complexity index is 558. The molecule has 0 unspecified atom stereocenters. The van der Waals surface area contributed by atoms with Gasteiger partial charge in [-0.05, 0) is 59.8 Å². The van der Waals surface area contributed by atoms with Crippen molar-refractivity contribution in [3.05, 3.63) is 58.6 Å². The maximum absolute atomic E-state index is 6.21. The van der Waals surface area contributed by atoms with Crippen molar-refractivity contribution in [2.75, 3.05) is 7.05 Å². The lowest BCUT2D eigenvalue weighted by atomic mass is 9.98. The third-order valence-electron chi connectivity index (χ3n) is 3.27. The Hall–Kier alpha value is -1.31. The van der Waals surface area contributed by atoms with E-state index in [0.29, 0.717) is 5.92 Å². The van der Waals surface area contributed by atoms with E-state index in [4.69, 9.17) is 11.6 Å².